The van der Waals surface area contributed by atoms with Gasteiger partial charge in [-0.15, -0.1) is 11.8 Å². The molecule has 0 aliphatic rings. The molecule has 2 amide bonds. The molecule has 2 aromatic rings. The lowest BCUT2D eigenvalue weighted by Crippen LogP contribution is -2.37. The topological polar surface area (TPSA) is 71.1 Å². The van der Waals surface area contributed by atoms with Crippen molar-refractivity contribution in [3.05, 3.63) is 58.8 Å². The molecule has 0 saturated carbocycles. The van der Waals surface area contributed by atoms with E-state index in [1.807, 2.05) is 31.2 Å². The van der Waals surface area contributed by atoms with Crippen molar-refractivity contribution >= 4 is 39.5 Å². The summed E-state index contributed by atoms with van der Waals surface area (Å²) < 4.78 is 1.01. The van der Waals surface area contributed by atoms with E-state index < -0.39 is 0 Å². The number of aromatic nitrogens is 1. The predicted molar refractivity (Wildman–Crippen MR) is 99.0 cm³/mol. The minimum absolute atomic E-state index is 0.0569. The molecule has 0 saturated heterocycles. The number of amides is 2. The van der Waals surface area contributed by atoms with E-state index in [9.17, 15) is 9.59 Å². The Morgan fingerprint density at radius 1 is 1.17 bits per heavy atom. The zero-order valence-corrected chi connectivity index (χ0v) is 15.6. The molecule has 0 fully saturated rings. The van der Waals surface area contributed by atoms with E-state index in [1.165, 1.54) is 18.0 Å². The smallest absolute Gasteiger partial charge is 0.252 e. The molecular weight excluding hydrogens is 390 g/mol. The third-order valence-electron chi connectivity index (χ3n) is 3.13. The van der Waals surface area contributed by atoms with Crippen LogP contribution in [0.25, 0.3) is 0 Å². The third kappa shape index (κ3) is 5.98. The van der Waals surface area contributed by atoms with Gasteiger partial charge in [-0.05, 0) is 43.3 Å². The van der Waals surface area contributed by atoms with E-state index in [0.29, 0.717) is 18.7 Å². The van der Waals surface area contributed by atoms with Crippen molar-refractivity contribution in [3.8, 4) is 0 Å². The lowest BCUT2D eigenvalue weighted by atomic mass is 10.3. The second-order valence-corrected chi connectivity index (χ2v) is 7.33. The summed E-state index contributed by atoms with van der Waals surface area (Å²) >= 11 is 4.88. The number of rotatable bonds is 7. The summed E-state index contributed by atoms with van der Waals surface area (Å²) in [6.07, 6.45) is 3.12. The number of nitrogens with one attached hydrogen (secondary N) is 2. The van der Waals surface area contributed by atoms with Gasteiger partial charge in [-0.25, -0.2) is 0 Å². The first-order chi connectivity index (χ1) is 11.6. The molecule has 2 rings (SSSR count). The van der Waals surface area contributed by atoms with Gasteiger partial charge in [-0.2, -0.15) is 0 Å². The summed E-state index contributed by atoms with van der Waals surface area (Å²) in [6, 6.07) is 11.2. The zero-order chi connectivity index (χ0) is 17.4. The maximum absolute atomic E-state index is 12.1. The molecule has 5 nitrogen and oxygen atoms in total. The van der Waals surface area contributed by atoms with Crippen LogP contribution in [0.1, 0.15) is 17.3 Å². The lowest BCUT2D eigenvalue weighted by Gasteiger charge is -2.12. The van der Waals surface area contributed by atoms with Crippen molar-refractivity contribution in [2.75, 3.05) is 13.1 Å². The number of nitrogens with zero attached hydrogens (tertiary/aromatic N) is 1. The van der Waals surface area contributed by atoms with E-state index in [-0.39, 0.29) is 17.1 Å². The summed E-state index contributed by atoms with van der Waals surface area (Å²) in [6.45, 7) is 2.61. The summed E-state index contributed by atoms with van der Waals surface area (Å²) in [5.41, 5.74) is 0.503. The summed E-state index contributed by atoms with van der Waals surface area (Å²) in [5, 5.41) is 5.36. The standard InChI is InChI=1S/C17H18BrN3O2S/c1-12(24-15-6-4-14(18)5-7-15)16(22)20-9-10-21-17(23)13-3-2-8-19-11-13/h2-8,11-12H,9-10H2,1H3,(H,20,22)(H,21,23). The molecule has 1 atom stereocenters. The lowest BCUT2D eigenvalue weighted by molar-refractivity contribution is -0.120. The molecule has 7 heteroatoms. The number of hydrogen-bond acceptors (Lipinski definition) is 4. The van der Waals surface area contributed by atoms with Crippen LogP contribution in [-0.4, -0.2) is 35.1 Å². The molecule has 0 aliphatic carbocycles. The minimum Gasteiger partial charge on any atom is -0.353 e. The van der Waals surface area contributed by atoms with Gasteiger partial charge in [0, 0.05) is 34.9 Å². The SMILES string of the molecule is CC(Sc1ccc(Br)cc1)C(=O)NCCNC(=O)c1cccnc1. The van der Waals surface area contributed by atoms with E-state index >= 15 is 0 Å². The van der Waals surface area contributed by atoms with Gasteiger partial charge in [-0.1, -0.05) is 15.9 Å². The highest BCUT2D eigenvalue weighted by molar-refractivity contribution is 9.10. The molecule has 0 aliphatic heterocycles. The Balaban J connectivity index is 1.69. The Kier molecular flexibility index (Phi) is 7.27. The first kappa shape index (κ1) is 18.5. The van der Waals surface area contributed by atoms with Gasteiger partial charge >= 0.3 is 0 Å². The fourth-order valence-corrected chi connectivity index (χ4v) is 3.03. The average molecular weight is 408 g/mol. The van der Waals surface area contributed by atoms with Crippen LogP contribution < -0.4 is 10.6 Å². The second kappa shape index (κ2) is 9.44. The molecular formula is C17H18BrN3O2S. The van der Waals surface area contributed by atoms with Crippen molar-refractivity contribution in [3.63, 3.8) is 0 Å². The monoisotopic (exact) mass is 407 g/mol. The van der Waals surface area contributed by atoms with Crippen LogP contribution in [0.3, 0.4) is 0 Å². The molecule has 0 bridgehead atoms. The fourth-order valence-electron chi connectivity index (χ4n) is 1.88. The van der Waals surface area contributed by atoms with Gasteiger partial charge in [-0.3, -0.25) is 14.6 Å². The van der Waals surface area contributed by atoms with E-state index in [4.69, 9.17) is 0 Å². The normalized spacial score (nSPS) is 11.6. The van der Waals surface area contributed by atoms with Crippen molar-refractivity contribution in [1.29, 1.82) is 0 Å². The maximum atomic E-state index is 12.1. The van der Waals surface area contributed by atoms with Gasteiger partial charge < -0.3 is 10.6 Å². The zero-order valence-electron chi connectivity index (χ0n) is 13.2. The molecule has 1 aromatic heterocycles. The van der Waals surface area contributed by atoms with Crippen LogP contribution in [-0.2, 0) is 4.79 Å². The number of benzene rings is 1. The van der Waals surface area contributed by atoms with Crippen LogP contribution in [0.4, 0.5) is 0 Å². The van der Waals surface area contributed by atoms with Gasteiger partial charge in [0.1, 0.15) is 0 Å². The summed E-state index contributed by atoms with van der Waals surface area (Å²) in [4.78, 5) is 28.8. The highest BCUT2D eigenvalue weighted by atomic mass is 79.9. The van der Waals surface area contributed by atoms with Gasteiger partial charge in [0.15, 0.2) is 0 Å². The van der Waals surface area contributed by atoms with Crippen LogP contribution in [0.15, 0.2) is 58.2 Å². The third-order valence-corrected chi connectivity index (χ3v) is 4.77. The van der Waals surface area contributed by atoms with Crippen molar-refractivity contribution in [2.24, 2.45) is 0 Å². The first-order valence-electron chi connectivity index (χ1n) is 7.44. The number of hydrogen-bond donors (Lipinski definition) is 2. The fraction of sp³-hybridized carbons (Fsp3) is 0.235. The largest absolute Gasteiger partial charge is 0.353 e. The molecule has 1 aromatic carbocycles. The van der Waals surface area contributed by atoms with Gasteiger partial charge in [0.05, 0.1) is 10.8 Å². The molecule has 126 valence electrons. The first-order valence-corrected chi connectivity index (χ1v) is 9.11. The predicted octanol–water partition coefficient (Wildman–Crippen LogP) is 2.87. The van der Waals surface area contributed by atoms with E-state index in [0.717, 1.165) is 9.37 Å². The Labute approximate surface area is 153 Å². The quantitative estimate of drug-likeness (QED) is 0.546. The number of carbonyl (C=O) groups excluding carboxylic acids is 2. The van der Waals surface area contributed by atoms with Crippen LogP contribution in [0, 0.1) is 0 Å². The van der Waals surface area contributed by atoms with Gasteiger partial charge in [0.2, 0.25) is 5.91 Å². The number of thioether (sulfide) groups is 1. The van der Waals surface area contributed by atoms with Crippen molar-refractivity contribution in [1.82, 2.24) is 15.6 Å². The Morgan fingerprint density at radius 3 is 2.54 bits per heavy atom. The van der Waals surface area contributed by atoms with Gasteiger partial charge in [0.25, 0.3) is 5.91 Å². The van der Waals surface area contributed by atoms with Crippen molar-refractivity contribution in [2.45, 2.75) is 17.1 Å². The molecule has 1 heterocycles. The Bertz CT molecular complexity index is 680. The summed E-state index contributed by atoms with van der Waals surface area (Å²) in [7, 11) is 0. The molecule has 1 unspecified atom stereocenters. The number of carbonyl (C=O) groups is 2. The minimum atomic E-state index is -0.208. The highest BCUT2D eigenvalue weighted by Crippen LogP contribution is 2.24. The van der Waals surface area contributed by atoms with Crippen LogP contribution in [0.5, 0.6) is 0 Å². The average Bonchev–Trinajstić information content (AvgIpc) is 2.61. The number of pyridine rings is 1. The maximum Gasteiger partial charge on any atom is 0.252 e. The van der Waals surface area contributed by atoms with Crippen LogP contribution in [0.2, 0.25) is 0 Å². The Morgan fingerprint density at radius 2 is 1.88 bits per heavy atom. The molecule has 0 spiro atoms. The van der Waals surface area contributed by atoms with Crippen LogP contribution >= 0.6 is 27.7 Å². The molecule has 0 radical (unpaired) electrons. The second-order valence-electron chi connectivity index (χ2n) is 5.00. The molecule has 24 heavy (non-hydrogen) atoms. The Hall–Kier alpha value is -1.86. The summed E-state index contributed by atoms with van der Waals surface area (Å²) in [5.74, 6) is -0.256. The highest BCUT2D eigenvalue weighted by Gasteiger charge is 2.14. The number of halogens is 1. The van der Waals surface area contributed by atoms with Crippen molar-refractivity contribution < 1.29 is 9.59 Å². The molecule has 2 N–H and O–H groups in total. The van der Waals surface area contributed by atoms with E-state index in [1.54, 1.807) is 18.3 Å². The van der Waals surface area contributed by atoms with E-state index in [2.05, 4.69) is 31.5 Å².